The van der Waals surface area contributed by atoms with Crippen LogP contribution in [0.3, 0.4) is 0 Å². The van der Waals surface area contributed by atoms with Crippen LogP contribution in [-0.2, 0) is 0 Å². The molecule has 4 aromatic rings. The van der Waals surface area contributed by atoms with Crippen molar-refractivity contribution in [1.82, 2.24) is 20.2 Å². The van der Waals surface area contributed by atoms with Crippen LogP contribution in [0.5, 0.6) is 11.8 Å². The SMILES string of the molecule is OCCC(CCO)Nc1nc(Oc2ccc(F)cc2F)nc2[nH]nc(-c3ccccc3Cl)c12. The maximum absolute atomic E-state index is 14.1. The van der Waals surface area contributed by atoms with Crippen LogP contribution in [0.2, 0.25) is 5.02 Å². The molecule has 2 heterocycles. The molecule has 0 saturated heterocycles. The predicted molar refractivity (Wildman–Crippen MR) is 119 cm³/mol. The predicted octanol–water partition coefficient (Wildman–Crippen LogP) is 4.29. The Morgan fingerprint density at radius 1 is 1.06 bits per heavy atom. The van der Waals surface area contributed by atoms with Gasteiger partial charge in [0.25, 0.3) is 0 Å². The minimum Gasteiger partial charge on any atom is -0.421 e. The molecule has 0 aliphatic carbocycles. The largest absolute Gasteiger partial charge is 0.421 e. The van der Waals surface area contributed by atoms with Crippen molar-refractivity contribution in [3.63, 3.8) is 0 Å². The summed E-state index contributed by atoms with van der Waals surface area (Å²) in [6.45, 7) is -0.225. The summed E-state index contributed by atoms with van der Waals surface area (Å²) in [5, 5.41) is 30.1. The van der Waals surface area contributed by atoms with Gasteiger partial charge in [-0.05, 0) is 31.0 Å². The molecule has 0 aliphatic heterocycles. The summed E-state index contributed by atoms with van der Waals surface area (Å²) in [4.78, 5) is 8.66. The smallest absolute Gasteiger partial charge is 0.326 e. The molecule has 0 bridgehead atoms. The van der Waals surface area contributed by atoms with E-state index in [9.17, 15) is 19.0 Å². The van der Waals surface area contributed by atoms with Crippen molar-refractivity contribution >= 4 is 28.5 Å². The Balaban J connectivity index is 1.82. The minimum atomic E-state index is -0.909. The van der Waals surface area contributed by atoms with Crippen LogP contribution in [-0.4, -0.2) is 49.6 Å². The van der Waals surface area contributed by atoms with Gasteiger partial charge in [0, 0.05) is 30.9 Å². The summed E-state index contributed by atoms with van der Waals surface area (Å²) in [6.07, 6.45) is 0.683. The molecule has 0 spiro atoms. The topological polar surface area (TPSA) is 116 Å². The lowest BCUT2D eigenvalue weighted by molar-refractivity contribution is 0.248. The fraction of sp³-hybridized carbons (Fsp3) is 0.227. The number of fused-ring (bicyclic) bond motifs is 1. The number of aliphatic hydroxyl groups excluding tert-OH is 2. The average Bonchev–Trinajstić information content (AvgIpc) is 3.20. The summed E-state index contributed by atoms with van der Waals surface area (Å²) in [5.41, 5.74) is 1.40. The molecule has 0 unspecified atom stereocenters. The molecule has 172 valence electrons. The number of nitrogens with one attached hydrogen (secondary N) is 2. The molecule has 33 heavy (non-hydrogen) atoms. The van der Waals surface area contributed by atoms with Crippen LogP contribution < -0.4 is 10.1 Å². The molecule has 0 radical (unpaired) electrons. The number of ether oxygens (including phenoxy) is 1. The van der Waals surface area contributed by atoms with Gasteiger partial charge in [-0.25, -0.2) is 8.78 Å². The maximum atomic E-state index is 14.1. The molecule has 4 N–H and O–H groups in total. The molecule has 8 nitrogen and oxygen atoms in total. The third-order valence-corrected chi connectivity index (χ3v) is 5.25. The van der Waals surface area contributed by atoms with Gasteiger partial charge in [0.05, 0.1) is 10.4 Å². The van der Waals surface area contributed by atoms with Crippen molar-refractivity contribution < 1.29 is 23.7 Å². The Morgan fingerprint density at radius 3 is 2.52 bits per heavy atom. The molecule has 0 fully saturated rings. The van der Waals surface area contributed by atoms with E-state index in [0.717, 1.165) is 12.1 Å². The molecule has 11 heteroatoms. The number of aromatic amines is 1. The molecule has 0 atom stereocenters. The summed E-state index contributed by atoms with van der Waals surface area (Å²) in [5.74, 6) is -1.62. The Kier molecular flexibility index (Phi) is 6.97. The number of hydrogen-bond donors (Lipinski definition) is 4. The van der Waals surface area contributed by atoms with Crippen molar-refractivity contribution in [3.05, 3.63) is 59.1 Å². The van der Waals surface area contributed by atoms with Crippen molar-refractivity contribution in [2.75, 3.05) is 18.5 Å². The number of hydrogen-bond acceptors (Lipinski definition) is 7. The highest BCUT2D eigenvalue weighted by Gasteiger charge is 2.21. The lowest BCUT2D eigenvalue weighted by Crippen LogP contribution is -2.23. The van der Waals surface area contributed by atoms with Gasteiger partial charge in [0.2, 0.25) is 0 Å². The molecular formula is C22H20ClF2N5O3. The second-order valence-corrected chi connectivity index (χ2v) is 7.58. The standard InChI is InChI=1S/C22H20ClF2N5O3/c23-15-4-2-1-3-14(15)19-18-20(26-13(7-9-31)8-10-32)27-22(28-21(18)30-29-19)33-17-6-5-12(24)11-16(17)25/h1-6,11,13,31-32H,7-10H2,(H2,26,27,28,29,30). The van der Waals surface area contributed by atoms with E-state index in [1.165, 1.54) is 0 Å². The first-order valence-electron chi connectivity index (χ1n) is 10.1. The first-order chi connectivity index (χ1) is 16.0. The van der Waals surface area contributed by atoms with Crippen LogP contribution in [0, 0.1) is 11.6 Å². The zero-order valence-corrected chi connectivity index (χ0v) is 18.0. The van der Waals surface area contributed by atoms with Gasteiger partial charge >= 0.3 is 6.01 Å². The number of rotatable bonds is 9. The zero-order valence-electron chi connectivity index (χ0n) is 17.2. The molecule has 0 aliphatic rings. The van der Waals surface area contributed by atoms with E-state index in [1.54, 1.807) is 18.2 Å². The molecule has 2 aromatic heterocycles. The van der Waals surface area contributed by atoms with E-state index in [1.807, 2.05) is 6.07 Å². The van der Waals surface area contributed by atoms with Crippen LogP contribution in [0.1, 0.15) is 12.8 Å². The van der Waals surface area contributed by atoms with Gasteiger partial charge in [-0.3, -0.25) is 5.10 Å². The normalized spacial score (nSPS) is 11.3. The number of halogens is 3. The van der Waals surface area contributed by atoms with E-state index in [4.69, 9.17) is 16.3 Å². The average molecular weight is 476 g/mol. The van der Waals surface area contributed by atoms with E-state index in [-0.39, 0.29) is 42.5 Å². The molecule has 0 amide bonds. The highest BCUT2D eigenvalue weighted by molar-refractivity contribution is 6.33. The second-order valence-electron chi connectivity index (χ2n) is 7.17. The Labute approximate surface area is 192 Å². The van der Waals surface area contributed by atoms with E-state index in [2.05, 4.69) is 25.5 Å². The van der Waals surface area contributed by atoms with E-state index < -0.39 is 11.6 Å². The number of nitrogens with zero attached hydrogens (tertiary/aromatic N) is 3. The van der Waals surface area contributed by atoms with Crippen molar-refractivity contribution in [3.8, 4) is 23.0 Å². The summed E-state index contributed by atoms with van der Waals surface area (Å²) < 4.78 is 32.8. The highest BCUT2D eigenvalue weighted by Crippen LogP contribution is 2.36. The summed E-state index contributed by atoms with van der Waals surface area (Å²) in [6, 6.07) is 9.45. The van der Waals surface area contributed by atoms with Gasteiger partial charge in [0.15, 0.2) is 17.2 Å². The minimum absolute atomic E-state index is 0.112. The van der Waals surface area contributed by atoms with Gasteiger partial charge in [-0.15, -0.1) is 0 Å². The van der Waals surface area contributed by atoms with Gasteiger partial charge in [-0.1, -0.05) is 29.8 Å². The van der Waals surface area contributed by atoms with Gasteiger partial charge in [-0.2, -0.15) is 15.1 Å². The fourth-order valence-electron chi connectivity index (χ4n) is 3.36. The quantitative estimate of drug-likeness (QED) is 0.285. The summed E-state index contributed by atoms with van der Waals surface area (Å²) >= 11 is 6.36. The third kappa shape index (κ3) is 5.03. The number of anilines is 1. The van der Waals surface area contributed by atoms with Crippen LogP contribution in [0.15, 0.2) is 42.5 Å². The number of benzene rings is 2. The number of aliphatic hydroxyl groups is 2. The van der Waals surface area contributed by atoms with Crippen molar-refractivity contribution in [1.29, 1.82) is 0 Å². The number of H-pyrrole nitrogens is 1. The molecule has 2 aromatic carbocycles. The Bertz CT molecular complexity index is 1260. The highest BCUT2D eigenvalue weighted by atomic mass is 35.5. The zero-order chi connectivity index (χ0) is 23.4. The molecule has 4 rings (SSSR count). The first-order valence-corrected chi connectivity index (χ1v) is 10.5. The van der Waals surface area contributed by atoms with Crippen LogP contribution >= 0.6 is 11.6 Å². The first kappa shape index (κ1) is 22.8. The van der Waals surface area contributed by atoms with Crippen LogP contribution in [0.25, 0.3) is 22.3 Å². The Hall–Kier alpha value is -3.34. The van der Waals surface area contributed by atoms with E-state index >= 15 is 0 Å². The van der Waals surface area contributed by atoms with Crippen LogP contribution in [0.4, 0.5) is 14.6 Å². The third-order valence-electron chi connectivity index (χ3n) is 4.92. The lowest BCUT2D eigenvalue weighted by atomic mass is 10.1. The number of aromatic nitrogens is 4. The maximum Gasteiger partial charge on any atom is 0.326 e. The van der Waals surface area contributed by atoms with Crippen molar-refractivity contribution in [2.24, 2.45) is 0 Å². The fourth-order valence-corrected chi connectivity index (χ4v) is 3.58. The Morgan fingerprint density at radius 2 is 1.82 bits per heavy atom. The molecular weight excluding hydrogens is 456 g/mol. The second kappa shape index (κ2) is 10.1. The van der Waals surface area contributed by atoms with Crippen molar-refractivity contribution in [2.45, 2.75) is 18.9 Å². The van der Waals surface area contributed by atoms with E-state index in [0.29, 0.717) is 40.6 Å². The lowest BCUT2D eigenvalue weighted by Gasteiger charge is -2.18. The van der Waals surface area contributed by atoms with Gasteiger partial charge < -0.3 is 20.3 Å². The molecule has 0 saturated carbocycles. The van der Waals surface area contributed by atoms with Gasteiger partial charge in [0.1, 0.15) is 17.3 Å². The monoisotopic (exact) mass is 475 g/mol. The summed E-state index contributed by atoms with van der Waals surface area (Å²) in [7, 11) is 0.